The second-order valence-electron chi connectivity index (χ2n) is 8.19. The maximum absolute atomic E-state index is 13.5. The number of alkyl halides is 3. The van der Waals surface area contributed by atoms with Crippen molar-refractivity contribution in [2.75, 3.05) is 10.8 Å². The SMILES string of the molecule is Cc1ccc(C(C)NC(=O)CN(c2ccc(Cl)c(C(F)(F)F)c2)S(=O)(=O)c2ccc(C)cc2)cc1. The second kappa shape index (κ2) is 10.3. The number of nitrogens with zero attached hydrogens (tertiary/aromatic N) is 1. The van der Waals surface area contributed by atoms with Gasteiger partial charge in [-0.1, -0.05) is 59.1 Å². The second-order valence-corrected chi connectivity index (χ2v) is 10.5. The van der Waals surface area contributed by atoms with Crippen molar-refractivity contribution in [3.8, 4) is 0 Å². The van der Waals surface area contributed by atoms with Gasteiger partial charge < -0.3 is 5.32 Å². The average molecular weight is 525 g/mol. The van der Waals surface area contributed by atoms with Crippen molar-refractivity contribution in [3.63, 3.8) is 0 Å². The van der Waals surface area contributed by atoms with Gasteiger partial charge in [-0.25, -0.2) is 8.42 Å². The fourth-order valence-corrected chi connectivity index (χ4v) is 5.03. The number of hydrogen-bond donors (Lipinski definition) is 1. The Morgan fingerprint density at radius 3 is 2.06 bits per heavy atom. The molecule has 3 rings (SSSR count). The highest BCUT2D eigenvalue weighted by molar-refractivity contribution is 7.92. The maximum Gasteiger partial charge on any atom is 0.417 e. The normalized spacial score (nSPS) is 12.8. The zero-order valence-corrected chi connectivity index (χ0v) is 20.8. The minimum absolute atomic E-state index is 0.161. The molecule has 35 heavy (non-hydrogen) atoms. The van der Waals surface area contributed by atoms with Crippen LogP contribution in [0.25, 0.3) is 0 Å². The third-order valence-corrected chi connectivity index (χ3v) is 7.51. The smallest absolute Gasteiger partial charge is 0.348 e. The number of nitrogens with one attached hydrogen (secondary N) is 1. The zero-order chi connectivity index (χ0) is 26.0. The van der Waals surface area contributed by atoms with E-state index in [-0.39, 0.29) is 10.6 Å². The van der Waals surface area contributed by atoms with E-state index < -0.39 is 45.3 Å². The standard InChI is InChI=1S/C25H24ClF3N2O3S/c1-16-4-8-19(9-5-16)18(3)30-24(32)15-31(35(33,34)21-11-6-17(2)7-12-21)20-10-13-23(26)22(14-20)25(27,28)29/h4-14,18H,15H2,1-3H3,(H,30,32). The van der Waals surface area contributed by atoms with Crippen molar-refractivity contribution >= 4 is 33.2 Å². The molecule has 0 heterocycles. The molecule has 0 fully saturated rings. The summed E-state index contributed by atoms with van der Waals surface area (Å²) in [4.78, 5) is 12.7. The number of sulfonamides is 1. The number of carbonyl (C=O) groups is 1. The highest BCUT2D eigenvalue weighted by Gasteiger charge is 2.35. The van der Waals surface area contributed by atoms with Gasteiger partial charge in [-0.15, -0.1) is 0 Å². The summed E-state index contributed by atoms with van der Waals surface area (Å²) in [6.45, 7) is 4.68. The molecule has 3 aromatic rings. The van der Waals surface area contributed by atoms with E-state index in [0.717, 1.165) is 28.8 Å². The van der Waals surface area contributed by atoms with Gasteiger partial charge in [0, 0.05) is 0 Å². The average Bonchev–Trinajstić information content (AvgIpc) is 2.78. The lowest BCUT2D eigenvalue weighted by atomic mass is 10.1. The Hall–Kier alpha value is -3.04. The van der Waals surface area contributed by atoms with Gasteiger partial charge in [-0.2, -0.15) is 13.2 Å². The van der Waals surface area contributed by atoms with Gasteiger partial charge in [-0.3, -0.25) is 9.10 Å². The number of benzene rings is 3. The van der Waals surface area contributed by atoms with Crippen molar-refractivity contribution in [3.05, 3.63) is 94.0 Å². The van der Waals surface area contributed by atoms with Crippen LogP contribution in [-0.4, -0.2) is 20.9 Å². The summed E-state index contributed by atoms with van der Waals surface area (Å²) in [6, 6.07) is 15.5. The number of aryl methyl sites for hydroxylation is 2. The summed E-state index contributed by atoms with van der Waals surface area (Å²) in [5.41, 5.74) is 1.09. The van der Waals surface area contributed by atoms with Gasteiger partial charge in [0.1, 0.15) is 6.54 Å². The van der Waals surface area contributed by atoms with E-state index >= 15 is 0 Å². The summed E-state index contributed by atoms with van der Waals surface area (Å²) in [5, 5.41) is 2.13. The third kappa shape index (κ3) is 6.35. The molecule has 0 aliphatic carbocycles. The van der Waals surface area contributed by atoms with Crippen LogP contribution in [0.2, 0.25) is 5.02 Å². The first-order chi connectivity index (χ1) is 16.3. The molecule has 1 atom stereocenters. The quantitative estimate of drug-likeness (QED) is 0.409. The highest BCUT2D eigenvalue weighted by Crippen LogP contribution is 2.38. The van der Waals surface area contributed by atoms with E-state index in [9.17, 15) is 26.4 Å². The van der Waals surface area contributed by atoms with E-state index in [4.69, 9.17) is 11.6 Å². The highest BCUT2D eigenvalue weighted by atomic mass is 35.5. The molecule has 1 N–H and O–H groups in total. The van der Waals surface area contributed by atoms with Crippen molar-refractivity contribution < 1.29 is 26.4 Å². The van der Waals surface area contributed by atoms with Crippen molar-refractivity contribution in [2.24, 2.45) is 0 Å². The van der Waals surface area contributed by atoms with Gasteiger partial charge in [0.2, 0.25) is 5.91 Å². The minimum atomic E-state index is -4.81. The Kier molecular flexibility index (Phi) is 7.81. The molecular formula is C25H24ClF3N2O3S. The van der Waals surface area contributed by atoms with Gasteiger partial charge >= 0.3 is 6.18 Å². The van der Waals surface area contributed by atoms with Crippen molar-refractivity contribution in [1.82, 2.24) is 5.32 Å². The van der Waals surface area contributed by atoms with Gasteiger partial charge in [0.05, 0.1) is 27.2 Å². The minimum Gasteiger partial charge on any atom is -0.348 e. The summed E-state index contributed by atoms with van der Waals surface area (Å²) < 4.78 is 68.0. The summed E-state index contributed by atoms with van der Waals surface area (Å²) in [7, 11) is -4.39. The van der Waals surface area contributed by atoms with Crippen molar-refractivity contribution in [2.45, 2.75) is 37.9 Å². The van der Waals surface area contributed by atoms with Gasteiger partial charge in [-0.05, 0) is 56.7 Å². The fraction of sp³-hybridized carbons (Fsp3) is 0.240. The van der Waals surface area contributed by atoms with Crippen LogP contribution < -0.4 is 9.62 Å². The topological polar surface area (TPSA) is 66.5 Å². The molecule has 0 saturated carbocycles. The Balaban J connectivity index is 1.99. The number of rotatable bonds is 7. The van der Waals surface area contributed by atoms with Gasteiger partial charge in [0.25, 0.3) is 10.0 Å². The van der Waals surface area contributed by atoms with Crippen LogP contribution in [0.5, 0.6) is 0 Å². The lowest BCUT2D eigenvalue weighted by Crippen LogP contribution is -2.41. The molecule has 0 spiro atoms. The molecule has 3 aromatic carbocycles. The molecule has 0 aliphatic rings. The molecule has 5 nitrogen and oxygen atoms in total. The van der Waals surface area contributed by atoms with Crippen LogP contribution in [0.15, 0.2) is 71.6 Å². The van der Waals surface area contributed by atoms with Crippen LogP contribution in [0.1, 0.15) is 35.2 Å². The maximum atomic E-state index is 13.5. The lowest BCUT2D eigenvalue weighted by molar-refractivity contribution is -0.137. The van der Waals surface area contributed by atoms with Crippen LogP contribution in [0.4, 0.5) is 18.9 Å². The molecule has 1 unspecified atom stereocenters. The van der Waals surface area contributed by atoms with Crippen LogP contribution >= 0.6 is 11.6 Å². The molecule has 0 aliphatic heterocycles. The number of hydrogen-bond acceptors (Lipinski definition) is 3. The zero-order valence-electron chi connectivity index (χ0n) is 19.2. The number of halogens is 4. The van der Waals surface area contributed by atoms with Crippen molar-refractivity contribution in [1.29, 1.82) is 0 Å². The Morgan fingerprint density at radius 1 is 0.971 bits per heavy atom. The van der Waals surface area contributed by atoms with Crippen LogP contribution in [0.3, 0.4) is 0 Å². The van der Waals surface area contributed by atoms with E-state index in [0.29, 0.717) is 10.4 Å². The first kappa shape index (κ1) is 26.6. The first-order valence-corrected chi connectivity index (χ1v) is 12.4. The predicted molar refractivity (Wildman–Crippen MR) is 130 cm³/mol. The Labute approximate surface area is 207 Å². The largest absolute Gasteiger partial charge is 0.417 e. The summed E-state index contributed by atoms with van der Waals surface area (Å²) >= 11 is 5.72. The summed E-state index contributed by atoms with van der Waals surface area (Å²) in [5.74, 6) is -0.683. The molecule has 1 amide bonds. The number of carbonyl (C=O) groups excluding carboxylic acids is 1. The van der Waals surface area contributed by atoms with E-state index in [1.54, 1.807) is 26.0 Å². The van der Waals surface area contributed by atoms with Gasteiger partial charge in [0.15, 0.2) is 0 Å². The third-order valence-electron chi connectivity index (χ3n) is 5.39. The van der Waals surface area contributed by atoms with E-state index in [1.165, 1.54) is 12.1 Å². The van der Waals surface area contributed by atoms with E-state index in [1.807, 2.05) is 31.2 Å². The molecule has 0 aromatic heterocycles. The fourth-order valence-electron chi connectivity index (χ4n) is 3.39. The predicted octanol–water partition coefficient (Wildman–Crippen LogP) is 6.05. The first-order valence-electron chi connectivity index (χ1n) is 10.6. The van der Waals surface area contributed by atoms with Crippen LogP contribution in [-0.2, 0) is 21.0 Å². The summed E-state index contributed by atoms with van der Waals surface area (Å²) in [6.07, 6.45) is -4.81. The molecule has 0 bridgehead atoms. The number of amides is 1. The Morgan fingerprint density at radius 2 is 1.51 bits per heavy atom. The van der Waals surface area contributed by atoms with E-state index in [2.05, 4.69) is 5.32 Å². The van der Waals surface area contributed by atoms with Crippen LogP contribution in [0, 0.1) is 13.8 Å². The molecule has 0 radical (unpaired) electrons. The Bertz CT molecular complexity index is 1310. The molecule has 0 saturated heterocycles. The molecule has 186 valence electrons. The number of anilines is 1. The lowest BCUT2D eigenvalue weighted by Gasteiger charge is -2.26. The molecular weight excluding hydrogens is 501 g/mol. The molecule has 10 heteroatoms. The monoisotopic (exact) mass is 524 g/mol.